The van der Waals surface area contributed by atoms with Gasteiger partial charge in [-0.15, -0.1) is 0 Å². The molecule has 1 aromatic rings. The second kappa shape index (κ2) is 10.4. The number of guanidine groups is 1. The number of carbonyl (C=O) groups is 1. The molecule has 7 nitrogen and oxygen atoms in total. The Kier molecular flexibility index (Phi) is 7.69. The van der Waals surface area contributed by atoms with Gasteiger partial charge in [-0.1, -0.05) is 0 Å². The van der Waals surface area contributed by atoms with Gasteiger partial charge in [0.25, 0.3) is 0 Å². The van der Waals surface area contributed by atoms with Crippen molar-refractivity contribution in [1.82, 2.24) is 9.80 Å². The number of nitrogens with zero attached hydrogens (tertiary/aromatic N) is 4. The third-order valence-corrected chi connectivity index (χ3v) is 5.94. The van der Waals surface area contributed by atoms with Crippen LogP contribution in [0, 0.1) is 11.7 Å². The predicted octanol–water partition coefficient (Wildman–Crippen LogP) is 1.24. The number of primary amides is 1. The van der Waals surface area contributed by atoms with Gasteiger partial charge in [-0.3, -0.25) is 9.79 Å². The van der Waals surface area contributed by atoms with Crippen LogP contribution in [0.3, 0.4) is 0 Å². The maximum absolute atomic E-state index is 13.1. The molecule has 29 heavy (non-hydrogen) atoms. The minimum atomic E-state index is -0.209. The smallest absolute Gasteiger partial charge is 0.220 e. The molecule has 0 unspecified atom stereocenters. The number of rotatable bonds is 7. The summed E-state index contributed by atoms with van der Waals surface area (Å²) in [6.45, 7) is 7.03. The van der Waals surface area contributed by atoms with Crippen LogP contribution in [-0.2, 0) is 4.79 Å². The summed E-state index contributed by atoms with van der Waals surface area (Å²) >= 11 is 0. The average Bonchev–Trinajstić information content (AvgIpc) is 2.74. The van der Waals surface area contributed by atoms with Crippen molar-refractivity contribution in [2.24, 2.45) is 22.4 Å². The fraction of sp³-hybridized carbons (Fsp3) is 0.619. The van der Waals surface area contributed by atoms with Crippen molar-refractivity contribution in [2.75, 3.05) is 57.3 Å². The van der Waals surface area contributed by atoms with Crippen molar-refractivity contribution in [2.45, 2.75) is 25.7 Å². The van der Waals surface area contributed by atoms with Gasteiger partial charge in [0.05, 0.1) is 0 Å². The summed E-state index contributed by atoms with van der Waals surface area (Å²) in [7, 11) is 0. The van der Waals surface area contributed by atoms with E-state index < -0.39 is 0 Å². The summed E-state index contributed by atoms with van der Waals surface area (Å²) in [6.07, 6.45) is 3.84. The number of amides is 1. The second-order valence-electron chi connectivity index (χ2n) is 7.92. The van der Waals surface area contributed by atoms with E-state index in [-0.39, 0.29) is 17.6 Å². The zero-order valence-corrected chi connectivity index (χ0v) is 17.1. The van der Waals surface area contributed by atoms with Gasteiger partial charge in [-0.25, -0.2) is 4.39 Å². The van der Waals surface area contributed by atoms with E-state index in [0.29, 0.717) is 5.96 Å². The normalized spacial score (nSPS) is 19.6. The summed E-state index contributed by atoms with van der Waals surface area (Å²) < 4.78 is 13.1. The van der Waals surface area contributed by atoms with E-state index in [9.17, 15) is 9.18 Å². The fourth-order valence-electron chi connectivity index (χ4n) is 4.03. The molecule has 0 radical (unpaired) electrons. The number of hydrogen-bond donors (Lipinski definition) is 2. The minimum Gasteiger partial charge on any atom is -0.370 e. The molecule has 2 saturated heterocycles. The first-order chi connectivity index (χ1) is 14.0. The molecular formula is C21H33FN6O. The number of carbonyl (C=O) groups excluding carboxylic acids is 1. The highest BCUT2D eigenvalue weighted by molar-refractivity contribution is 5.78. The van der Waals surface area contributed by atoms with Crippen LogP contribution in [0.15, 0.2) is 29.3 Å². The molecule has 2 aliphatic rings. The van der Waals surface area contributed by atoms with Crippen molar-refractivity contribution >= 4 is 17.6 Å². The second-order valence-corrected chi connectivity index (χ2v) is 7.92. The Hall–Kier alpha value is -2.35. The molecule has 8 heteroatoms. The van der Waals surface area contributed by atoms with Gasteiger partial charge in [0.1, 0.15) is 5.82 Å². The van der Waals surface area contributed by atoms with Crippen molar-refractivity contribution in [3.8, 4) is 0 Å². The molecule has 4 N–H and O–H groups in total. The van der Waals surface area contributed by atoms with Crippen LogP contribution < -0.4 is 16.4 Å². The molecule has 3 rings (SSSR count). The summed E-state index contributed by atoms with van der Waals surface area (Å²) in [5.74, 6) is 0.303. The molecule has 160 valence electrons. The number of likely N-dealkylation sites (tertiary alicyclic amines) is 1. The maximum Gasteiger partial charge on any atom is 0.220 e. The van der Waals surface area contributed by atoms with Crippen molar-refractivity contribution in [1.29, 1.82) is 0 Å². The molecule has 0 aliphatic carbocycles. The highest BCUT2D eigenvalue weighted by Gasteiger charge is 2.22. The van der Waals surface area contributed by atoms with Crippen LogP contribution in [0.4, 0.5) is 10.1 Å². The molecular weight excluding hydrogens is 371 g/mol. The monoisotopic (exact) mass is 404 g/mol. The van der Waals surface area contributed by atoms with E-state index in [4.69, 9.17) is 11.5 Å². The Balaban J connectivity index is 1.31. The third kappa shape index (κ3) is 6.32. The molecule has 0 bridgehead atoms. The van der Waals surface area contributed by atoms with Gasteiger partial charge in [0.2, 0.25) is 5.91 Å². The van der Waals surface area contributed by atoms with Crippen LogP contribution in [0.1, 0.15) is 25.7 Å². The van der Waals surface area contributed by atoms with Gasteiger partial charge >= 0.3 is 0 Å². The number of halogens is 1. The highest BCUT2D eigenvalue weighted by Crippen LogP contribution is 2.18. The lowest BCUT2D eigenvalue weighted by atomic mass is 9.96. The molecule has 0 aromatic heterocycles. The Bertz CT molecular complexity index is 679. The molecule has 0 spiro atoms. The van der Waals surface area contributed by atoms with Crippen molar-refractivity contribution in [3.63, 3.8) is 0 Å². The van der Waals surface area contributed by atoms with E-state index in [1.54, 1.807) is 0 Å². The van der Waals surface area contributed by atoms with E-state index in [2.05, 4.69) is 19.7 Å². The molecule has 0 atom stereocenters. The van der Waals surface area contributed by atoms with E-state index in [0.717, 1.165) is 83.7 Å². The fourth-order valence-corrected chi connectivity index (χ4v) is 4.03. The zero-order valence-electron chi connectivity index (χ0n) is 17.1. The number of hydrogen-bond acceptors (Lipinski definition) is 4. The van der Waals surface area contributed by atoms with Gasteiger partial charge in [0.15, 0.2) is 5.96 Å². The molecule has 1 amide bonds. The van der Waals surface area contributed by atoms with Crippen molar-refractivity contribution in [3.05, 3.63) is 30.1 Å². The van der Waals surface area contributed by atoms with Crippen LogP contribution in [0.5, 0.6) is 0 Å². The highest BCUT2D eigenvalue weighted by atomic mass is 19.1. The van der Waals surface area contributed by atoms with E-state index in [1.807, 2.05) is 12.1 Å². The standard InChI is InChI=1S/C21H33FN6O/c22-18-3-5-19(6-4-18)27-13-15-28(16-14-27)21(24)25-9-1-2-10-26-11-7-17(8-12-26)20(23)29/h3-6,17H,1-2,7-16H2,(H2,23,29)(H2,24,25). The summed E-state index contributed by atoms with van der Waals surface area (Å²) in [4.78, 5) is 22.5. The quantitative estimate of drug-likeness (QED) is 0.405. The summed E-state index contributed by atoms with van der Waals surface area (Å²) in [6, 6.07) is 6.63. The minimum absolute atomic E-state index is 0.0548. The average molecular weight is 405 g/mol. The first-order valence-corrected chi connectivity index (χ1v) is 10.6. The number of unbranched alkanes of at least 4 members (excludes halogenated alkanes) is 1. The van der Waals surface area contributed by atoms with Crippen LogP contribution >= 0.6 is 0 Å². The molecule has 2 fully saturated rings. The van der Waals surface area contributed by atoms with Crippen molar-refractivity contribution < 1.29 is 9.18 Å². The van der Waals surface area contributed by atoms with Gasteiger partial charge in [-0.2, -0.15) is 0 Å². The van der Waals surface area contributed by atoms with Crippen LogP contribution in [0.25, 0.3) is 0 Å². The molecule has 2 heterocycles. The molecule has 2 aliphatic heterocycles. The number of anilines is 1. The molecule has 0 saturated carbocycles. The largest absolute Gasteiger partial charge is 0.370 e. The third-order valence-electron chi connectivity index (χ3n) is 5.94. The summed E-state index contributed by atoms with van der Waals surface area (Å²) in [5.41, 5.74) is 12.6. The topological polar surface area (TPSA) is 91.2 Å². The number of piperazine rings is 1. The Morgan fingerprint density at radius 2 is 1.66 bits per heavy atom. The van der Waals surface area contributed by atoms with Gasteiger partial charge in [-0.05, 0) is 69.6 Å². The first kappa shape index (κ1) is 21.4. The summed E-state index contributed by atoms with van der Waals surface area (Å²) in [5, 5.41) is 0. The first-order valence-electron chi connectivity index (χ1n) is 10.6. The van der Waals surface area contributed by atoms with E-state index in [1.165, 1.54) is 12.1 Å². The van der Waals surface area contributed by atoms with Gasteiger partial charge < -0.3 is 26.2 Å². The number of piperidine rings is 1. The lowest BCUT2D eigenvalue weighted by Crippen LogP contribution is -2.51. The van der Waals surface area contributed by atoms with Gasteiger partial charge in [0, 0.05) is 44.3 Å². The van der Waals surface area contributed by atoms with Crippen LogP contribution in [-0.4, -0.2) is 74.0 Å². The Morgan fingerprint density at radius 3 is 2.28 bits per heavy atom. The number of aliphatic imine (C=N–C) groups is 1. The number of benzene rings is 1. The lowest BCUT2D eigenvalue weighted by molar-refractivity contribution is -0.123. The van der Waals surface area contributed by atoms with Crippen LogP contribution in [0.2, 0.25) is 0 Å². The van der Waals surface area contributed by atoms with E-state index >= 15 is 0 Å². The number of nitrogens with two attached hydrogens (primary N) is 2. The predicted molar refractivity (Wildman–Crippen MR) is 114 cm³/mol. The lowest BCUT2D eigenvalue weighted by Gasteiger charge is -2.36. The zero-order chi connectivity index (χ0) is 20.6. The Labute approximate surface area is 172 Å². The maximum atomic E-state index is 13.1. The Morgan fingerprint density at radius 1 is 1.00 bits per heavy atom. The SMILES string of the molecule is NC(=O)C1CCN(CCCCN=C(N)N2CCN(c3ccc(F)cc3)CC2)CC1. The molecule has 1 aromatic carbocycles.